The highest BCUT2D eigenvalue weighted by Gasteiger charge is 2.68. The van der Waals surface area contributed by atoms with Gasteiger partial charge >= 0.3 is 23.9 Å². The molecule has 0 unspecified atom stereocenters. The van der Waals surface area contributed by atoms with Gasteiger partial charge < -0.3 is 55.3 Å². The highest BCUT2D eigenvalue weighted by atomic mass is 28.4. The van der Waals surface area contributed by atoms with Crippen molar-refractivity contribution in [2.24, 2.45) is 0 Å². The summed E-state index contributed by atoms with van der Waals surface area (Å²) in [6, 6.07) is 14.5. The van der Waals surface area contributed by atoms with Gasteiger partial charge in [-0.15, -0.1) is 5.06 Å². The van der Waals surface area contributed by atoms with Gasteiger partial charge in [-0.3, -0.25) is 14.4 Å². The molecule has 5 heterocycles. The van der Waals surface area contributed by atoms with Gasteiger partial charge in [0.1, 0.15) is 47.4 Å². The van der Waals surface area contributed by atoms with Crippen LogP contribution in [0.15, 0.2) is 48.5 Å². The minimum absolute atomic E-state index is 0.213. The van der Waals surface area contributed by atoms with Crippen molar-refractivity contribution in [2.75, 3.05) is 53.3 Å². The first-order chi connectivity index (χ1) is 27.1. The Hall–Kier alpha value is -3.35. The Balaban J connectivity index is 0.000000196. The summed E-state index contributed by atoms with van der Waals surface area (Å²) in [4.78, 5) is 2.04. The van der Waals surface area contributed by atoms with Crippen molar-refractivity contribution in [1.29, 1.82) is 0 Å². The summed E-state index contributed by atoms with van der Waals surface area (Å²) >= 11 is 0. The summed E-state index contributed by atoms with van der Waals surface area (Å²) in [6.45, 7) is 23.5. The zero-order chi connectivity index (χ0) is 42.5. The average molecular weight is 849 g/mol. The van der Waals surface area contributed by atoms with E-state index in [1.807, 2.05) is 98.5 Å². The van der Waals surface area contributed by atoms with Gasteiger partial charge in [-0.05, 0) is 125 Å². The zero-order valence-corrected chi connectivity index (χ0v) is 37.8. The summed E-state index contributed by atoms with van der Waals surface area (Å²) < 4.78 is 59.3. The van der Waals surface area contributed by atoms with E-state index in [1.165, 1.54) is 0 Å². The predicted octanol–water partition coefficient (Wildman–Crippen LogP) is 4.58. The molecule has 5 aliphatic rings. The molecule has 19 heteroatoms. The third-order valence-corrected chi connectivity index (χ3v) is 16.8. The highest BCUT2D eigenvalue weighted by molar-refractivity contribution is 6.55. The second-order valence-corrected chi connectivity index (χ2v) is 21.0. The Kier molecular flexibility index (Phi) is 12.1. The summed E-state index contributed by atoms with van der Waals surface area (Å²) in [5.74, 6) is 1.12. The molecule has 3 saturated heterocycles. The average Bonchev–Trinajstić information content (AvgIpc) is 3.78. The smallest absolute Gasteiger partial charge is 0.683 e. The third-order valence-electron chi connectivity index (χ3n) is 12.2. The van der Waals surface area contributed by atoms with Crippen LogP contribution < -0.4 is 9.47 Å². The first kappa shape index (κ1) is 44.2. The Morgan fingerprint density at radius 1 is 0.690 bits per heavy atom. The molecule has 58 heavy (non-hydrogen) atoms. The lowest BCUT2D eigenvalue weighted by molar-refractivity contribution is -0.539. The molecule has 2 aromatic rings. The summed E-state index contributed by atoms with van der Waals surface area (Å²) in [6.07, 6.45) is -0.306. The fourth-order valence-corrected chi connectivity index (χ4v) is 11.2. The fourth-order valence-electron chi connectivity index (χ4n) is 7.06. The maximum Gasteiger partial charge on any atom is 0.683 e. The minimum atomic E-state index is -3.07. The van der Waals surface area contributed by atoms with Crippen molar-refractivity contribution in [2.45, 2.75) is 110 Å². The van der Waals surface area contributed by atoms with Crippen LogP contribution >= 0.6 is 0 Å². The molecule has 0 aliphatic carbocycles. The Labute approximate surface area is 343 Å². The number of nitrogens with zero attached hydrogens (tertiary/aromatic N) is 4. The number of hydrogen-bond donors (Lipinski definition) is 1. The number of ether oxygens (including phenoxy) is 2. The Morgan fingerprint density at radius 2 is 1.16 bits per heavy atom. The molecule has 7 rings (SSSR count). The van der Waals surface area contributed by atoms with E-state index in [0.717, 1.165) is 20.1 Å². The zero-order valence-electron chi connectivity index (χ0n) is 35.8. The predicted molar refractivity (Wildman–Crippen MR) is 215 cm³/mol. The monoisotopic (exact) mass is 848 g/mol. The first-order valence-electron chi connectivity index (χ1n) is 19.8. The van der Waals surface area contributed by atoms with Gasteiger partial charge in [0.15, 0.2) is 5.54 Å². The Bertz CT molecular complexity index is 1830. The van der Waals surface area contributed by atoms with Crippen LogP contribution in [0.5, 0.6) is 11.5 Å². The van der Waals surface area contributed by atoms with Crippen molar-refractivity contribution in [3.05, 3.63) is 70.1 Å². The van der Waals surface area contributed by atoms with Crippen LogP contribution in [0, 0.1) is 10.4 Å². The molecular formula is C39H60N4O13Si2. The van der Waals surface area contributed by atoms with Gasteiger partial charge in [-0.1, -0.05) is 0 Å². The molecule has 0 saturated carbocycles. The molecule has 17 nitrogen and oxygen atoms in total. The molecule has 0 aromatic heterocycles. The third kappa shape index (κ3) is 7.63. The van der Waals surface area contributed by atoms with E-state index in [9.17, 15) is 15.6 Å². The number of rotatable bonds is 12. The van der Waals surface area contributed by atoms with E-state index in [1.54, 1.807) is 24.3 Å². The molecule has 3 fully saturated rings. The molecule has 5 aliphatic heterocycles. The number of benzene rings is 2. The van der Waals surface area contributed by atoms with Crippen LogP contribution in [-0.2, 0) is 35.4 Å². The number of hydroxylamine groups is 4. The number of hydrogen-bond acceptors (Lipinski definition) is 15. The molecule has 0 atom stereocenters. The van der Waals surface area contributed by atoms with Crippen molar-refractivity contribution >= 4 is 29.8 Å². The van der Waals surface area contributed by atoms with Crippen molar-refractivity contribution in [3.63, 3.8) is 0 Å². The Morgan fingerprint density at radius 3 is 1.60 bits per heavy atom. The maximum absolute atomic E-state index is 13.0. The van der Waals surface area contributed by atoms with Crippen molar-refractivity contribution < 1.29 is 59.6 Å². The summed E-state index contributed by atoms with van der Waals surface area (Å²) in [5.41, 5.74) is -0.941. The standard InChI is InChI=1S/C20H32N2O7Si.C19H28N2O6Si/c1-7-25-30(26-8-2)27-13-17(14-28-30)29-16-11-9-15(10-12-16)18-21(23)19(3,4)20(5,6)22(18)24;1-7-23-28-24-12-19(27-28,13-25-28)26-15-10-8-14(9-11-15)16-20(6)17(2,3)18(4,5)21(16)22/h9-12,17,23H,7-8,13-14H2,1-6H3;8-11H,7,12-13H2,1-6H3. The van der Waals surface area contributed by atoms with E-state index < -0.39 is 40.5 Å². The van der Waals surface area contributed by atoms with Crippen molar-refractivity contribution in [1.82, 2.24) is 9.96 Å². The molecule has 0 radical (unpaired) electrons. The normalized spacial score (nSPS) is 27.9. The van der Waals surface area contributed by atoms with Crippen LogP contribution in [0.25, 0.3) is 0 Å². The van der Waals surface area contributed by atoms with Gasteiger partial charge in [-0.2, -0.15) is 0 Å². The van der Waals surface area contributed by atoms with E-state index in [2.05, 4.69) is 13.8 Å². The van der Waals surface area contributed by atoms with Gasteiger partial charge in [-0.25, -0.2) is 5.21 Å². The minimum Gasteiger partial charge on any atom is -0.715 e. The topological polar surface area (TPSA) is 171 Å². The van der Waals surface area contributed by atoms with E-state index in [-0.39, 0.29) is 30.7 Å². The second kappa shape index (κ2) is 15.9. The second-order valence-electron chi connectivity index (χ2n) is 16.7. The fraction of sp³-hybridized carbons (Fsp3) is 0.641. The molecule has 0 amide bonds. The van der Waals surface area contributed by atoms with Gasteiger partial charge in [0, 0.05) is 19.8 Å². The SMILES string of the molecule is CCO[Si]1(OCC)OCC(Oc2ccc(C3=[N+]([O-])C(C)(C)C(C)(C)N3O)cc2)CO1.CCO[Si]12OCC(Oc3ccc(C4=[N+]([O-])C(C)(C)C(C)(C)N4C)cc3)(CO1)O2. The lowest BCUT2D eigenvalue weighted by Crippen LogP contribution is -2.56. The van der Waals surface area contributed by atoms with Crippen LogP contribution in [0.2, 0.25) is 0 Å². The van der Waals surface area contributed by atoms with E-state index >= 15 is 0 Å². The van der Waals surface area contributed by atoms with E-state index in [4.69, 9.17) is 44.9 Å². The number of amidine groups is 2. The molecule has 1 N–H and O–H groups in total. The van der Waals surface area contributed by atoms with Crippen LogP contribution in [0.4, 0.5) is 0 Å². The molecule has 0 spiro atoms. The largest absolute Gasteiger partial charge is 0.715 e. The van der Waals surface area contributed by atoms with Gasteiger partial charge in [0.2, 0.25) is 0 Å². The van der Waals surface area contributed by atoms with Crippen molar-refractivity contribution in [3.8, 4) is 11.5 Å². The van der Waals surface area contributed by atoms with Gasteiger partial charge in [0.05, 0.1) is 31.4 Å². The number of likely N-dealkylation sites (N-methyl/N-ethyl adjacent to an activating group) is 1. The first-order valence-corrected chi connectivity index (χ1v) is 23.1. The quantitative estimate of drug-likeness (QED) is 0.179. The number of fused-ring (bicyclic) bond motifs is 2. The summed E-state index contributed by atoms with van der Waals surface area (Å²) in [5, 5.41) is 37.4. The van der Waals surface area contributed by atoms with Crippen LogP contribution in [0.3, 0.4) is 0 Å². The van der Waals surface area contributed by atoms with Gasteiger partial charge in [0.25, 0.3) is 11.6 Å². The lowest BCUT2D eigenvalue weighted by atomic mass is 9.83. The molecule has 2 aromatic carbocycles. The summed E-state index contributed by atoms with van der Waals surface area (Å²) in [7, 11) is -4.14. The van der Waals surface area contributed by atoms with Crippen LogP contribution in [-0.4, -0.2) is 142 Å². The van der Waals surface area contributed by atoms with E-state index in [0.29, 0.717) is 55.9 Å². The molecule has 2 bridgehead atoms. The maximum atomic E-state index is 13.0. The molecular weight excluding hydrogens is 789 g/mol. The highest BCUT2D eigenvalue weighted by Crippen LogP contribution is 2.41. The lowest BCUT2D eigenvalue weighted by Gasteiger charge is -2.35. The van der Waals surface area contributed by atoms with Crippen LogP contribution in [0.1, 0.15) is 87.3 Å². The molecule has 322 valence electrons.